The van der Waals surface area contributed by atoms with Crippen molar-refractivity contribution in [3.63, 3.8) is 0 Å². The highest BCUT2D eigenvalue weighted by Crippen LogP contribution is 2.44. The highest BCUT2D eigenvalue weighted by atomic mass is 16.6. The van der Waals surface area contributed by atoms with E-state index < -0.39 is 17.4 Å². The Bertz CT molecular complexity index is 497. The third kappa shape index (κ3) is 3.67. The Kier molecular flexibility index (Phi) is 6.03. The van der Waals surface area contributed by atoms with Gasteiger partial charge in [0.15, 0.2) is 5.41 Å². The van der Waals surface area contributed by atoms with Gasteiger partial charge in [0.25, 0.3) is 0 Å². The Morgan fingerprint density at radius 2 is 1.61 bits per heavy atom. The van der Waals surface area contributed by atoms with Crippen molar-refractivity contribution < 1.29 is 19.1 Å². The van der Waals surface area contributed by atoms with Crippen LogP contribution in [0.1, 0.15) is 65.2 Å². The molecule has 128 valence electrons. The van der Waals surface area contributed by atoms with E-state index in [0.717, 1.165) is 38.5 Å². The smallest absolute Gasteiger partial charge is 0.323 e. The molecule has 0 aromatic rings. The lowest BCUT2D eigenvalue weighted by molar-refractivity contribution is -0.173. The van der Waals surface area contributed by atoms with Crippen LogP contribution in [0.3, 0.4) is 0 Å². The first-order chi connectivity index (χ1) is 11.0. The fourth-order valence-corrected chi connectivity index (χ4v) is 3.77. The summed E-state index contributed by atoms with van der Waals surface area (Å²) in [7, 11) is 0. The second kappa shape index (κ2) is 7.80. The Morgan fingerprint density at radius 3 is 2.22 bits per heavy atom. The summed E-state index contributed by atoms with van der Waals surface area (Å²) in [5.74, 6) is -0.855. The molecule has 0 radical (unpaired) electrons. The van der Waals surface area contributed by atoms with E-state index in [4.69, 9.17) is 9.47 Å². The van der Waals surface area contributed by atoms with Crippen molar-refractivity contribution in [1.29, 1.82) is 0 Å². The summed E-state index contributed by atoms with van der Waals surface area (Å²) in [4.78, 5) is 25.4. The van der Waals surface area contributed by atoms with Crippen LogP contribution in [0.25, 0.3) is 0 Å². The molecule has 0 aliphatic heterocycles. The van der Waals surface area contributed by atoms with Crippen molar-refractivity contribution in [2.24, 2.45) is 5.41 Å². The van der Waals surface area contributed by atoms with Gasteiger partial charge >= 0.3 is 11.9 Å². The second-order valence-corrected chi connectivity index (χ2v) is 6.45. The largest absolute Gasteiger partial charge is 0.465 e. The molecule has 4 heteroatoms. The number of allylic oxidation sites excluding steroid dienone is 3. The second-order valence-electron chi connectivity index (χ2n) is 6.45. The molecular weight excluding hydrogens is 292 g/mol. The molecule has 0 amide bonds. The van der Waals surface area contributed by atoms with Gasteiger partial charge in [-0.1, -0.05) is 17.7 Å². The molecule has 4 nitrogen and oxygen atoms in total. The van der Waals surface area contributed by atoms with Gasteiger partial charge in [0.2, 0.25) is 0 Å². The van der Waals surface area contributed by atoms with E-state index in [1.807, 2.05) is 0 Å². The van der Waals surface area contributed by atoms with Gasteiger partial charge in [-0.3, -0.25) is 9.59 Å². The van der Waals surface area contributed by atoms with Crippen LogP contribution in [-0.4, -0.2) is 25.2 Å². The molecule has 0 aromatic carbocycles. The molecule has 0 heterocycles. The maximum atomic E-state index is 12.7. The van der Waals surface area contributed by atoms with E-state index in [1.165, 1.54) is 16.7 Å². The molecule has 0 aromatic heterocycles. The van der Waals surface area contributed by atoms with Crippen molar-refractivity contribution in [1.82, 2.24) is 0 Å². The molecular formula is C19H28O4. The van der Waals surface area contributed by atoms with Gasteiger partial charge in [0, 0.05) is 0 Å². The molecule has 2 aliphatic carbocycles. The minimum absolute atomic E-state index is 0.276. The van der Waals surface area contributed by atoms with Gasteiger partial charge in [-0.2, -0.15) is 0 Å². The van der Waals surface area contributed by atoms with Crippen molar-refractivity contribution in [3.05, 3.63) is 23.3 Å². The lowest BCUT2D eigenvalue weighted by Crippen LogP contribution is -2.43. The molecule has 0 fully saturated rings. The molecule has 0 saturated carbocycles. The van der Waals surface area contributed by atoms with E-state index in [2.05, 4.69) is 6.58 Å². The fourth-order valence-electron chi connectivity index (χ4n) is 3.77. The van der Waals surface area contributed by atoms with Crippen LogP contribution in [0.5, 0.6) is 0 Å². The Labute approximate surface area is 138 Å². The highest BCUT2D eigenvalue weighted by Gasteiger charge is 2.49. The van der Waals surface area contributed by atoms with Crippen LogP contribution in [0.4, 0.5) is 0 Å². The van der Waals surface area contributed by atoms with E-state index in [0.29, 0.717) is 12.8 Å². The summed E-state index contributed by atoms with van der Waals surface area (Å²) in [5.41, 5.74) is 2.50. The number of hydrogen-bond acceptors (Lipinski definition) is 4. The van der Waals surface area contributed by atoms with E-state index in [1.54, 1.807) is 13.8 Å². The third-order valence-electron chi connectivity index (χ3n) is 4.94. The van der Waals surface area contributed by atoms with Gasteiger partial charge in [-0.05, 0) is 70.8 Å². The maximum Gasteiger partial charge on any atom is 0.323 e. The lowest BCUT2D eigenvalue weighted by Gasteiger charge is -2.34. The first-order valence-electron chi connectivity index (χ1n) is 8.78. The SMILES string of the molecule is C=C1CCCC(C(=O)OCC)(C(=O)OCC)CC2=C1CCCC2. The molecule has 2 aliphatic rings. The van der Waals surface area contributed by atoms with Crippen LogP contribution in [0.15, 0.2) is 23.3 Å². The van der Waals surface area contributed by atoms with Gasteiger partial charge in [0.1, 0.15) is 0 Å². The van der Waals surface area contributed by atoms with Gasteiger partial charge in [0.05, 0.1) is 13.2 Å². The summed E-state index contributed by atoms with van der Waals surface area (Å²) in [5, 5.41) is 0. The highest BCUT2D eigenvalue weighted by molar-refractivity contribution is 6.00. The molecule has 0 N–H and O–H groups in total. The van der Waals surface area contributed by atoms with Crippen molar-refractivity contribution in [3.8, 4) is 0 Å². The summed E-state index contributed by atoms with van der Waals surface area (Å²) in [6.07, 6.45) is 6.70. The predicted octanol–water partition coefficient (Wildman–Crippen LogP) is 4.10. The number of hydrogen-bond donors (Lipinski definition) is 0. The van der Waals surface area contributed by atoms with Crippen LogP contribution in [0, 0.1) is 5.41 Å². The molecule has 0 spiro atoms. The first kappa shape index (κ1) is 17.8. The van der Waals surface area contributed by atoms with Crippen LogP contribution >= 0.6 is 0 Å². The quantitative estimate of drug-likeness (QED) is 0.578. The zero-order valence-electron chi connectivity index (χ0n) is 14.4. The maximum absolute atomic E-state index is 12.7. The summed E-state index contributed by atoms with van der Waals surface area (Å²) >= 11 is 0. The molecule has 0 unspecified atom stereocenters. The molecule has 0 atom stereocenters. The van der Waals surface area contributed by atoms with Crippen molar-refractivity contribution in [2.45, 2.75) is 65.2 Å². The number of ether oxygens (including phenoxy) is 2. The molecule has 23 heavy (non-hydrogen) atoms. The number of carbonyl (C=O) groups is 2. The summed E-state index contributed by atoms with van der Waals surface area (Å²) in [6, 6.07) is 0. The normalized spacial score (nSPS) is 21.0. The van der Waals surface area contributed by atoms with E-state index >= 15 is 0 Å². The van der Waals surface area contributed by atoms with Gasteiger partial charge in [-0.15, -0.1) is 0 Å². The molecule has 0 saturated heterocycles. The zero-order chi connectivity index (χ0) is 16.9. The minimum Gasteiger partial charge on any atom is -0.465 e. The van der Waals surface area contributed by atoms with Gasteiger partial charge in [-0.25, -0.2) is 0 Å². The molecule has 2 rings (SSSR count). The summed E-state index contributed by atoms with van der Waals surface area (Å²) in [6.45, 7) is 8.31. The minimum atomic E-state index is -1.18. The number of rotatable bonds is 4. The van der Waals surface area contributed by atoms with E-state index in [-0.39, 0.29) is 13.2 Å². The van der Waals surface area contributed by atoms with Crippen LogP contribution in [0.2, 0.25) is 0 Å². The van der Waals surface area contributed by atoms with Crippen LogP contribution in [-0.2, 0) is 19.1 Å². The monoisotopic (exact) mass is 320 g/mol. The Morgan fingerprint density at radius 1 is 1.00 bits per heavy atom. The van der Waals surface area contributed by atoms with Crippen molar-refractivity contribution >= 4 is 11.9 Å². The third-order valence-corrected chi connectivity index (χ3v) is 4.94. The average molecular weight is 320 g/mol. The molecule has 0 bridgehead atoms. The number of carbonyl (C=O) groups excluding carboxylic acids is 2. The zero-order valence-corrected chi connectivity index (χ0v) is 14.4. The summed E-state index contributed by atoms with van der Waals surface area (Å²) < 4.78 is 10.5. The fraction of sp³-hybridized carbons (Fsp3) is 0.684. The van der Waals surface area contributed by atoms with E-state index in [9.17, 15) is 9.59 Å². The number of esters is 2. The first-order valence-corrected chi connectivity index (χ1v) is 8.78. The lowest BCUT2D eigenvalue weighted by atomic mass is 9.70. The van der Waals surface area contributed by atoms with Crippen LogP contribution < -0.4 is 0 Å². The van der Waals surface area contributed by atoms with Gasteiger partial charge < -0.3 is 9.47 Å². The topological polar surface area (TPSA) is 52.6 Å². The van der Waals surface area contributed by atoms with Crippen molar-refractivity contribution in [2.75, 3.05) is 13.2 Å². The Balaban J connectivity index is 2.43. The average Bonchev–Trinajstić information content (AvgIpc) is 2.52. The standard InChI is InChI=1S/C19H28O4/c1-4-22-17(20)19(18(21)23-5-2)12-8-9-14(3)16-11-7-6-10-15(16)13-19/h3-13H2,1-2H3. The Hall–Kier alpha value is -1.58. The predicted molar refractivity (Wildman–Crippen MR) is 88.8 cm³/mol.